The normalized spacial score (nSPS) is 16.3. The minimum atomic E-state index is -0.551. The van der Waals surface area contributed by atoms with Crippen LogP contribution in [0.4, 0.5) is 10.5 Å². The molecule has 0 spiro atoms. The Labute approximate surface area is 174 Å². The molecule has 6 heteroatoms. The van der Waals surface area contributed by atoms with Crippen LogP contribution in [-0.2, 0) is 0 Å². The van der Waals surface area contributed by atoms with Crippen molar-refractivity contribution >= 4 is 17.4 Å². The third kappa shape index (κ3) is 4.65. The standard InChI is InChI=1S/C24H20N2O4/c1-3-5-9-18(4-2)23-16-20(19-10-7-6-8-11-19)17-25(23)24(27)30-22-14-12-21(13-15-22)26(28)29/h1,4-16,23H,17H2,2H3/b9-5-,18-4+. The maximum absolute atomic E-state index is 13.0. The Morgan fingerprint density at radius 1 is 1.23 bits per heavy atom. The third-order valence-electron chi connectivity index (χ3n) is 4.71. The number of allylic oxidation sites excluding steroid dienone is 2. The lowest BCUT2D eigenvalue weighted by atomic mass is 10.0. The molecule has 6 nitrogen and oxygen atoms in total. The quantitative estimate of drug-likeness (QED) is 0.307. The van der Waals surface area contributed by atoms with Gasteiger partial charge in [0.1, 0.15) is 5.75 Å². The van der Waals surface area contributed by atoms with Gasteiger partial charge in [0.2, 0.25) is 0 Å². The Morgan fingerprint density at radius 2 is 1.93 bits per heavy atom. The first-order valence-electron chi connectivity index (χ1n) is 9.31. The minimum absolute atomic E-state index is 0.0718. The van der Waals surface area contributed by atoms with E-state index in [4.69, 9.17) is 11.2 Å². The summed E-state index contributed by atoms with van der Waals surface area (Å²) in [4.78, 5) is 24.9. The number of ether oxygens (including phenoxy) is 1. The zero-order valence-electron chi connectivity index (χ0n) is 16.4. The van der Waals surface area contributed by atoms with Gasteiger partial charge in [0.05, 0.1) is 17.5 Å². The number of nitro groups is 1. The fourth-order valence-electron chi connectivity index (χ4n) is 3.21. The van der Waals surface area contributed by atoms with Crippen molar-refractivity contribution in [3.63, 3.8) is 0 Å². The molecule has 0 saturated carbocycles. The van der Waals surface area contributed by atoms with Gasteiger partial charge in [-0.3, -0.25) is 15.0 Å². The molecular formula is C24H20N2O4. The molecule has 1 aliphatic heterocycles. The molecule has 0 fully saturated rings. The predicted molar refractivity (Wildman–Crippen MR) is 116 cm³/mol. The largest absolute Gasteiger partial charge is 0.416 e. The van der Waals surface area contributed by atoms with Crippen molar-refractivity contribution in [1.82, 2.24) is 4.90 Å². The average Bonchev–Trinajstić information content (AvgIpc) is 3.21. The lowest BCUT2D eigenvalue weighted by Crippen LogP contribution is -2.39. The number of carbonyl (C=O) groups is 1. The monoisotopic (exact) mass is 400 g/mol. The highest BCUT2D eigenvalue weighted by atomic mass is 16.6. The van der Waals surface area contributed by atoms with Gasteiger partial charge in [0.15, 0.2) is 0 Å². The summed E-state index contributed by atoms with van der Waals surface area (Å²) in [5, 5.41) is 10.8. The smallest absolute Gasteiger partial charge is 0.410 e. The first-order chi connectivity index (χ1) is 14.5. The SMILES string of the molecule is C#C/C=C\C(=C/C)C1C=C(c2ccccc2)CN1C(=O)Oc1ccc([N+](=O)[O-])cc1. The molecule has 1 heterocycles. The number of non-ortho nitro benzene ring substituents is 1. The fourth-order valence-corrected chi connectivity index (χ4v) is 3.21. The van der Waals surface area contributed by atoms with E-state index in [1.54, 1.807) is 17.1 Å². The molecule has 0 aliphatic carbocycles. The second-order valence-corrected chi connectivity index (χ2v) is 6.54. The summed E-state index contributed by atoms with van der Waals surface area (Å²) in [6.07, 6.45) is 12.1. The maximum Gasteiger partial charge on any atom is 0.416 e. The maximum atomic E-state index is 13.0. The Bertz CT molecular complexity index is 1060. The van der Waals surface area contributed by atoms with Crippen molar-refractivity contribution in [3.8, 4) is 18.1 Å². The molecule has 1 unspecified atom stereocenters. The zero-order chi connectivity index (χ0) is 21.5. The number of hydrogen-bond donors (Lipinski definition) is 0. The van der Waals surface area contributed by atoms with Crippen LogP contribution in [0.15, 0.2) is 84.5 Å². The van der Waals surface area contributed by atoms with Crippen molar-refractivity contribution < 1.29 is 14.5 Å². The van der Waals surface area contributed by atoms with Gasteiger partial charge in [0.25, 0.3) is 5.69 Å². The summed E-state index contributed by atoms with van der Waals surface area (Å²) >= 11 is 0. The van der Waals surface area contributed by atoms with Gasteiger partial charge in [-0.1, -0.05) is 48.4 Å². The van der Waals surface area contributed by atoms with Crippen LogP contribution >= 0.6 is 0 Å². The number of hydrogen-bond acceptors (Lipinski definition) is 4. The fraction of sp³-hybridized carbons (Fsp3) is 0.125. The van der Waals surface area contributed by atoms with E-state index in [1.807, 2.05) is 49.4 Å². The van der Waals surface area contributed by atoms with Crippen molar-refractivity contribution in [2.45, 2.75) is 13.0 Å². The molecule has 0 radical (unpaired) electrons. The van der Waals surface area contributed by atoms with Crippen molar-refractivity contribution in [2.24, 2.45) is 0 Å². The number of nitrogens with zero attached hydrogens (tertiary/aromatic N) is 2. The number of terminal acetylenes is 1. The number of nitro benzene ring substituents is 1. The van der Waals surface area contributed by atoms with Crippen LogP contribution in [0.3, 0.4) is 0 Å². The van der Waals surface area contributed by atoms with Crippen LogP contribution in [-0.4, -0.2) is 28.5 Å². The van der Waals surface area contributed by atoms with E-state index in [-0.39, 0.29) is 17.5 Å². The second kappa shape index (κ2) is 9.39. The molecule has 0 N–H and O–H groups in total. The van der Waals surface area contributed by atoms with E-state index in [1.165, 1.54) is 24.3 Å². The molecular weight excluding hydrogens is 380 g/mol. The molecule has 2 aromatic carbocycles. The van der Waals surface area contributed by atoms with E-state index < -0.39 is 11.0 Å². The zero-order valence-corrected chi connectivity index (χ0v) is 16.4. The summed E-state index contributed by atoms with van der Waals surface area (Å²) in [7, 11) is 0. The highest BCUT2D eigenvalue weighted by Gasteiger charge is 2.32. The average molecular weight is 400 g/mol. The van der Waals surface area contributed by atoms with E-state index in [0.717, 1.165) is 16.7 Å². The first-order valence-corrected chi connectivity index (χ1v) is 9.31. The van der Waals surface area contributed by atoms with Crippen LogP contribution in [0.5, 0.6) is 5.75 Å². The van der Waals surface area contributed by atoms with Gasteiger partial charge in [-0.05, 0) is 47.9 Å². The van der Waals surface area contributed by atoms with Crippen LogP contribution < -0.4 is 4.74 Å². The molecule has 1 aliphatic rings. The molecule has 0 aromatic heterocycles. The number of amides is 1. The van der Waals surface area contributed by atoms with Crippen molar-refractivity contribution in [3.05, 3.63) is 100 Å². The molecule has 0 bridgehead atoms. The lowest BCUT2D eigenvalue weighted by molar-refractivity contribution is -0.384. The summed E-state index contributed by atoms with van der Waals surface area (Å²) in [6, 6.07) is 14.8. The van der Waals surface area contributed by atoms with Gasteiger partial charge in [-0.25, -0.2) is 4.79 Å². The number of carbonyl (C=O) groups excluding carboxylic acids is 1. The third-order valence-corrected chi connectivity index (χ3v) is 4.71. The van der Waals surface area contributed by atoms with Crippen molar-refractivity contribution in [1.29, 1.82) is 0 Å². The van der Waals surface area contributed by atoms with Crippen LogP contribution in [0.25, 0.3) is 5.57 Å². The van der Waals surface area contributed by atoms with E-state index >= 15 is 0 Å². The summed E-state index contributed by atoms with van der Waals surface area (Å²) in [5.74, 6) is 2.70. The predicted octanol–water partition coefficient (Wildman–Crippen LogP) is 5.00. The summed E-state index contributed by atoms with van der Waals surface area (Å²) in [6.45, 7) is 2.24. The molecule has 0 saturated heterocycles. The van der Waals surface area contributed by atoms with Gasteiger partial charge < -0.3 is 4.74 Å². The van der Waals surface area contributed by atoms with Crippen LogP contribution in [0.1, 0.15) is 12.5 Å². The Morgan fingerprint density at radius 3 is 2.53 bits per heavy atom. The van der Waals surface area contributed by atoms with Gasteiger partial charge in [-0.15, -0.1) is 6.42 Å². The van der Waals surface area contributed by atoms with E-state index in [2.05, 4.69) is 5.92 Å². The molecule has 2 aromatic rings. The molecule has 30 heavy (non-hydrogen) atoms. The molecule has 1 amide bonds. The summed E-state index contributed by atoms with van der Waals surface area (Å²) in [5.41, 5.74) is 2.80. The van der Waals surface area contributed by atoms with Crippen molar-refractivity contribution in [2.75, 3.05) is 6.54 Å². The molecule has 3 rings (SSSR count). The second-order valence-electron chi connectivity index (χ2n) is 6.54. The van der Waals surface area contributed by atoms with E-state index in [0.29, 0.717) is 6.54 Å². The van der Waals surface area contributed by atoms with E-state index in [9.17, 15) is 14.9 Å². The Balaban J connectivity index is 1.86. The highest BCUT2D eigenvalue weighted by Crippen LogP contribution is 2.30. The minimum Gasteiger partial charge on any atom is -0.410 e. The number of rotatable bonds is 5. The Kier molecular flexibility index (Phi) is 6.46. The van der Waals surface area contributed by atoms with Crippen LogP contribution in [0, 0.1) is 22.5 Å². The molecule has 150 valence electrons. The summed E-state index contributed by atoms with van der Waals surface area (Å²) < 4.78 is 5.49. The number of benzene rings is 2. The highest BCUT2D eigenvalue weighted by molar-refractivity contribution is 5.80. The topological polar surface area (TPSA) is 72.7 Å². The Hall–Kier alpha value is -4.11. The van der Waals surface area contributed by atoms with Gasteiger partial charge in [0, 0.05) is 12.1 Å². The lowest BCUT2D eigenvalue weighted by Gasteiger charge is -2.25. The van der Waals surface area contributed by atoms with Gasteiger partial charge in [-0.2, -0.15) is 0 Å². The van der Waals surface area contributed by atoms with Gasteiger partial charge >= 0.3 is 6.09 Å². The van der Waals surface area contributed by atoms with Crippen LogP contribution in [0.2, 0.25) is 0 Å². The first kappa shape index (κ1) is 20.6. The molecule has 1 atom stereocenters.